The molecular weight excluding hydrogens is 236 g/mol. The Kier molecular flexibility index (Phi) is 3.72. The minimum Gasteiger partial charge on any atom is -0.460 e. The predicted octanol–water partition coefficient (Wildman–Crippen LogP) is 2.01. The summed E-state index contributed by atoms with van der Waals surface area (Å²) in [4.78, 5) is 16.4. The number of carbonyl (C=O) groups is 1. The molecule has 0 amide bonds. The van der Waals surface area contributed by atoms with Crippen molar-refractivity contribution in [2.45, 2.75) is 13.0 Å². The predicted molar refractivity (Wildman–Crippen MR) is 66.5 cm³/mol. The molecule has 17 heavy (non-hydrogen) atoms. The summed E-state index contributed by atoms with van der Waals surface area (Å²) in [6.07, 6.45) is 1.96. The van der Waals surface area contributed by atoms with E-state index < -0.39 is 0 Å². The smallest absolute Gasteiger partial charge is 0.310 e. The highest BCUT2D eigenvalue weighted by molar-refractivity contribution is 7.09. The van der Waals surface area contributed by atoms with Crippen LogP contribution >= 0.6 is 11.3 Å². The van der Waals surface area contributed by atoms with Crippen LogP contribution in [-0.2, 0) is 22.6 Å². The Morgan fingerprint density at radius 1 is 1.35 bits per heavy atom. The van der Waals surface area contributed by atoms with Crippen molar-refractivity contribution in [2.24, 2.45) is 0 Å². The first-order chi connectivity index (χ1) is 8.24. The zero-order chi connectivity index (χ0) is 12.1. The van der Waals surface area contributed by atoms with Gasteiger partial charge in [0.05, 0.1) is 16.8 Å². The number of nitrogen functional groups attached to an aromatic ring is 1. The van der Waals surface area contributed by atoms with Crippen LogP contribution in [0.25, 0.3) is 0 Å². The molecule has 0 bridgehead atoms. The molecule has 2 rings (SSSR count). The van der Waals surface area contributed by atoms with Crippen LogP contribution in [0.2, 0.25) is 0 Å². The van der Waals surface area contributed by atoms with E-state index in [4.69, 9.17) is 10.5 Å². The molecule has 5 heteroatoms. The Balaban J connectivity index is 1.83. The largest absolute Gasteiger partial charge is 0.460 e. The fraction of sp³-hybridized carbons (Fsp3) is 0.167. The minimum absolute atomic E-state index is 0.247. The molecule has 0 atom stereocenters. The van der Waals surface area contributed by atoms with E-state index in [0.717, 1.165) is 10.4 Å². The number of benzene rings is 1. The van der Waals surface area contributed by atoms with Gasteiger partial charge in [0, 0.05) is 11.9 Å². The highest BCUT2D eigenvalue weighted by Crippen LogP contribution is 2.09. The number of esters is 1. The lowest BCUT2D eigenvalue weighted by Gasteiger charge is -2.03. The number of anilines is 1. The molecule has 0 aliphatic carbocycles. The fourth-order valence-electron chi connectivity index (χ4n) is 1.32. The molecule has 1 heterocycles. The zero-order valence-electron chi connectivity index (χ0n) is 9.13. The number of ether oxygens (including phenoxy) is 1. The van der Waals surface area contributed by atoms with Crippen LogP contribution in [0, 0.1) is 0 Å². The van der Waals surface area contributed by atoms with Crippen LogP contribution in [0.1, 0.15) is 10.4 Å². The molecule has 1 aromatic heterocycles. The number of carbonyl (C=O) groups excluding carboxylic acids is 1. The van der Waals surface area contributed by atoms with Crippen molar-refractivity contribution in [3.63, 3.8) is 0 Å². The van der Waals surface area contributed by atoms with Crippen molar-refractivity contribution in [1.82, 2.24) is 4.98 Å². The number of rotatable bonds is 4. The lowest BCUT2D eigenvalue weighted by molar-refractivity contribution is -0.144. The molecule has 2 aromatic rings. The molecule has 0 saturated heterocycles. The molecule has 0 aliphatic heterocycles. The molecular formula is C12H12N2O2S. The van der Waals surface area contributed by atoms with E-state index in [1.165, 1.54) is 11.3 Å². The average molecular weight is 248 g/mol. The second-order valence-corrected chi connectivity index (χ2v) is 4.52. The molecule has 88 valence electrons. The maximum atomic E-state index is 11.5. The van der Waals surface area contributed by atoms with Gasteiger partial charge in [-0.1, -0.05) is 12.1 Å². The van der Waals surface area contributed by atoms with Crippen LogP contribution in [0.15, 0.2) is 36.0 Å². The maximum absolute atomic E-state index is 11.5. The highest BCUT2D eigenvalue weighted by Gasteiger charge is 2.05. The van der Waals surface area contributed by atoms with Gasteiger partial charge in [-0.05, 0) is 17.7 Å². The first-order valence-corrected chi connectivity index (χ1v) is 5.99. The third-order valence-electron chi connectivity index (χ3n) is 2.19. The van der Waals surface area contributed by atoms with Crippen LogP contribution < -0.4 is 5.73 Å². The van der Waals surface area contributed by atoms with E-state index in [0.29, 0.717) is 12.3 Å². The van der Waals surface area contributed by atoms with Crippen molar-refractivity contribution in [1.29, 1.82) is 0 Å². The van der Waals surface area contributed by atoms with Crippen LogP contribution in [-0.4, -0.2) is 11.0 Å². The Labute approximate surface area is 103 Å². The van der Waals surface area contributed by atoms with Gasteiger partial charge in [-0.25, -0.2) is 0 Å². The summed E-state index contributed by atoms with van der Waals surface area (Å²) in [5.41, 5.74) is 8.85. The normalized spacial score (nSPS) is 10.1. The SMILES string of the molecule is Nc1ccc(CC(=O)OCc2cncs2)cc1. The summed E-state index contributed by atoms with van der Waals surface area (Å²) < 4.78 is 5.12. The summed E-state index contributed by atoms with van der Waals surface area (Å²) in [6, 6.07) is 7.18. The van der Waals surface area contributed by atoms with Crippen molar-refractivity contribution in [2.75, 3.05) is 5.73 Å². The summed E-state index contributed by atoms with van der Waals surface area (Å²) in [6.45, 7) is 0.290. The molecule has 0 fully saturated rings. The Morgan fingerprint density at radius 2 is 2.12 bits per heavy atom. The number of hydrogen-bond donors (Lipinski definition) is 1. The molecule has 1 aromatic carbocycles. The van der Waals surface area contributed by atoms with Crippen molar-refractivity contribution in [3.8, 4) is 0 Å². The number of nitrogens with two attached hydrogens (primary N) is 1. The fourth-order valence-corrected chi connectivity index (χ4v) is 1.82. The standard InChI is InChI=1S/C12H12N2O2S/c13-10-3-1-9(2-4-10)5-12(15)16-7-11-6-14-8-17-11/h1-4,6,8H,5,7,13H2. The van der Waals surface area contributed by atoms with Gasteiger partial charge in [0.2, 0.25) is 0 Å². The Bertz CT molecular complexity index is 480. The second kappa shape index (κ2) is 5.45. The van der Waals surface area contributed by atoms with Gasteiger partial charge in [0.15, 0.2) is 0 Å². The van der Waals surface area contributed by atoms with Crippen LogP contribution in [0.4, 0.5) is 5.69 Å². The minimum atomic E-state index is -0.247. The summed E-state index contributed by atoms with van der Waals surface area (Å²) in [7, 11) is 0. The quantitative estimate of drug-likeness (QED) is 0.664. The average Bonchev–Trinajstić information content (AvgIpc) is 2.83. The highest BCUT2D eigenvalue weighted by atomic mass is 32.1. The Morgan fingerprint density at radius 3 is 2.76 bits per heavy atom. The zero-order valence-corrected chi connectivity index (χ0v) is 9.94. The van der Waals surface area contributed by atoms with E-state index in [9.17, 15) is 4.79 Å². The van der Waals surface area contributed by atoms with Crippen molar-refractivity contribution < 1.29 is 9.53 Å². The van der Waals surface area contributed by atoms with Crippen molar-refractivity contribution >= 4 is 23.0 Å². The van der Waals surface area contributed by atoms with Gasteiger partial charge >= 0.3 is 5.97 Å². The van der Waals surface area contributed by atoms with E-state index in [2.05, 4.69) is 4.98 Å². The van der Waals surface area contributed by atoms with E-state index >= 15 is 0 Å². The first kappa shape index (κ1) is 11.6. The maximum Gasteiger partial charge on any atom is 0.310 e. The topological polar surface area (TPSA) is 65.2 Å². The number of aromatic nitrogens is 1. The lowest BCUT2D eigenvalue weighted by atomic mass is 10.1. The lowest BCUT2D eigenvalue weighted by Crippen LogP contribution is -2.07. The van der Waals surface area contributed by atoms with Crippen molar-refractivity contribution in [3.05, 3.63) is 46.4 Å². The molecule has 4 nitrogen and oxygen atoms in total. The third-order valence-corrected chi connectivity index (χ3v) is 2.94. The van der Waals surface area contributed by atoms with E-state index in [1.54, 1.807) is 23.8 Å². The van der Waals surface area contributed by atoms with E-state index in [-0.39, 0.29) is 12.4 Å². The number of nitrogens with zero attached hydrogens (tertiary/aromatic N) is 1. The number of thiazole rings is 1. The van der Waals surface area contributed by atoms with Gasteiger partial charge in [0.25, 0.3) is 0 Å². The molecule has 0 saturated carbocycles. The molecule has 0 radical (unpaired) electrons. The van der Waals surface area contributed by atoms with Crippen LogP contribution in [0.5, 0.6) is 0 Å². The molecule has 0 spiro atoms. The third kappa shape index (κ3) is 3.57. The molecule has 2 N–H and O–H groups in total. The molecule has 0 unspecified atom stereocenters. The van der Waals surface area contributed by atoms with E-state index in [1.807, 2.05) is 12.1 Å². The van der Waals surface area contributed by atoms with Gasteiger partial charge in [-0.2, -0.15) is 0 Å². The summed E-state index contributed by atoms with van der Waals surface area (Å²) in [5, 5.41) is 0. The van der Waals surface area contributed by atoms with Gasteiger partial charge in [0.1, 0.15) is 6.61 Å². The molecule has 0 aliphatic rings. The first-order valence-electron chi connectivity index (χ1n) is 5.11. The van der Waals surface area contributed by atoms with Gasteiger partial charge in [-0.3, -0.25) is 9.78 Å². The second-order valence-electron chi connectivity index (χ2n) is 3.55. The van der Waals surface area contributed by atoms with Crippen LogP contribution in [0.3, 0.4) is 0 Å². The number of hydrogen-bond acceptors (Lipinski definition) is 5. The summed E-state index contributed by atoms with van der Waals surface area (Å²) >= 11 is 1.47. The van der Waals surface area contributed by atoms with Gasteiger partial charge < -0.3 is 10.5 Å². The summed E-state index contributed by atoms with van der Waals surface area (Å²) in [5.74, 6) is -0.247. The monoisotopic (exact) mass is 248 g/mol. The Hall–Kier alpha value is -1.88. The van der Waals surface area contributed by atoms with Gasteiger partial charge in [-0.15, -0.1) is 11.3 Å².